The first-order valence-electron chi connectivity index (χ1n) is 12.8. The summed E-state index contributed by atoms with van der Waals surface area (Å²) in [6.07, 6.45) is 6.07. The van der Waals surface area contributed by atoms with Crippen LogP contribution in [0, 0.1) is 0 Å². The van der Waals surface area contributed by atoms with Crippen molar-refractivity contribution in [3.63, 3.8) is 0 Å². The first kappa shape index (κ1) is 24.5. The predicted octanol–water partition coefficient (Wildman–Crippen LogP) is 5.39. The highest BCUT2D eigenvalue weighted by Gasteiger charge is 2.15. The van der Waals surface area contributed by atoms with Gasteiger partial charge >= 0.3 is 0 Å². The molecule has 1 aliphatic rings. The molecule has 0 aliphatic carbocycles. The zero-order valence-corrected chi connectivity index (χ0v) is 20.8. The Morgan fingerprint density at radius 1 is 0.865 bits per heavy atom. The zero-order chi connectivity index (χ0) is 25.5. The smallest absolute Gasteiger partial charge is 0.241 e. The van der Waals surface area contributed by atoms with Gasteiger partial charge in [-0.05, 0) is 73.7 Å². The molecule has 1 aliphatic heterocycles. The van der Waals surface area contributed by atoms with Gasteiger partial charge < -0.3 is 21.3 Å². The fourth-order valence-corrected chi connectivity index (χ4v) is 4.54. The number of nitrogens with zero attached hydrogens (tertiary/aromatic N) is 3. The third-order valence-electron chi connectivity index (χ3n) is 6.58. The summed E-state index contributed by atoms with van der Waals surface area (Å²) in [6.45, 7) is 2.25. The van der Waals surface area contributed by atoms with Crippen LogP contribution in [0.2, 0.25) is 0 Å². The van der Waals surface area contributed by atoms with Gasteiger partial charge in [0.15, 0.2) is 0 Å². The molecule has 0 spiro atoms. The largest absolute Gasteiger partial charge is 0.372 e. The van der Waals surface area contributed by atoms with Gasteiger partial charge in [0, 0.05) is 41.9 Å². The summed E-state index contributed by atoms with van der Waals surface area (Å²) in [5.41, 5.74) is 11.8. The van der Waals surface area contributed by atoms with Crippen LogP contribution >= 0.6 is 0 Å². The molecule has 4 aromatic rings. The maximum absolute atomic E-state index is 12.5. The first-order valence-corrected chi connectivity index (χ1v) is 12.8. The second-order valence-corrected chi connectivity index (χ2v) is 9.35. The van der Waals surface area contributed by atoms with Crippen LogP contribution < -0.4 is 21.3 Å². The van der Waals surface area contributed by atoms with Crippen molar-refractivity contribution in [2.45, 2.75) is 31.7 Å². The monoisotopic (exact) mass is 492 g/mol. The van der Waals surface area contributed by atoms with E-state index in [1.165, 1.54) is 24.9 Å². The number of hydrogen-bond acceptors (Lipinski definition) is 6. The molecule has 5 rings (SSSR count). The lowest BCUT2D eigenvalue weighted by Crippen LogP contribution is -2.37. The lowest BCUT2D eigenvalue weighted by atomic mass is 10.1. The Hall–Kier alpha value is -4.23. The van der Waals surface area contributed by atoms with E-state index in [4.69, 9.17) is 5.73 Å². The molecule has 37 heavy (non-hydrogen) atoms. The van der Waals surface area contributed by atoms with E-state index in [-0.39, 0.29) is 5.91 Å². The van der Waals surface area contributed by atoms with Crippen LogP contribution in [0.4, 0.5) is 23.0 Å². The summed E-state index contributed by atoms with van der Waals surface area (Å²) in [5.74, 6) is 0.323. The predicted molar refractivity (Wildman–Crippen MR) is 150 cm³/mol. The third kappa shape index (κ3) is 6.51. The number of piperidine rings is 1. The zero-order valence-electron chi connectivity index (χ0n) is 20.8. The number of carbonyl (C=O) groups is 1. The number of hydrogen-bond donors (Lipinski definition) is 3. The summed E-state index contributed by atoms with van der Waals surface area (Å²) in [5, 5.41) is 6.20. The highest BCUT2D eigenvalue weighted by Crippen LogP contribution is 2.24. The Labute approximate surface area is 217 Å². The average molecular weight is 493 g/mol. The van der Waals surface area contributed by atoms with Crippen molar-refractivity contribution in [1.82, 2.24) is 9.97 Å². The number of nitrogens with one attached hydrogen (secondary N) is 2. The normalized spacial score (nSPS) is 14.1. The number of aromatic nitrogens is 2. The van der Waals surface area contributed by atoms with Crippen molar-refractivity contribution in [3.8, 4) is 11.3 Å². The molecule has 1 atom stereocenters. The van der Waals surface area contributed by atoms with Crippen molar-refractivity contribution in [2.75, 3.05) is 28.6 Å². The Kier molecular flexibility index (Phi) is 7.72. The van der Waals surface area contributed by atoms with Crippen molar-refractivity contribution < 1.29 is 4.79 Å². The van der Waals surface area contributed by atoms with Gasteiger partial charge in [-0.3, -0.25) is 4.79 Å². The SMILES string of the molecule is N[C@H](Cc1ccccc1)C(=O)Nc1ccc(-c2ccnc(Nc3ccc(N4CCCCC4)cc3)n2)cc1. The van der Waals surface area contributed by atoms with Gasteiger partial charge in [0.05, 0.1) is 11.7 Å². The maximum atomic E-state index is 12.5. The molecule has 188 valence electrons. The van der Waals surface area contributed by atoms with Crippen LogP contribution in [-0.2, 0) is 11.2 Å². The number of amides is 1. The van der Waals surface area contributed by atoms with E-state index < -0.39 is 6.04 Å². The summed E-state index contributed by atoms with van der Waals surface area (Å²) < 4.78 is 0. The molecular weight excluding hydrogens is 460 g/mol. The number of carbonyl (C=O) groups excluding carboxylic acids is 1. The number of benzene rings is 3. The molecule has 3 aromatic carbocycles. The van der Waals surface area contributed by atoms with E-state index in [1.807, 2.05) is 60.7 Å². The second-order valence-electron chi connectivity index (χ2n) is 9.35. The molecule has 0 unspecified atom stereocenters. The third-order valence-corrected chi connectivity index (χ3v) is 6.58. The van der Waals surface area contributed by atoms with E-state index in [0.29, 0.717) is 18.1 Å². The Morgan fingerprint density at radius 3 is 2.30 bits per heavy atom. The van der Waals surface area contributed by atoms with Crippen molar-refractivity contribution in [2.24, 2.45) is 5.73 Å². The van der Waals surface area contributed by atoms with Crippen LogP contribution in [-0.4, -0.2) is 35.0 Å². The molecule has 2 heterocycles. The summed E-state index contributed by atoms with van der Waals surface area (Å²) in [6, 6.07) is 27.0. The topological polar surface area (TPSA) is 96.2 Å². The Bertz CT molecular complexity index is 1300. The van der Waals surface area contributed by atoms with E-state index >= 15 is 0 Å². The summed E-state index contributed by atoms with van der Waals surface area (Å²) in [4.78, 5) is 24.0. The van der Waals surface area contributed by atoms with Crippen molar-refractivity contribution >= 4 is 28.9 Å². The molecule has 1 saturated heterocycles. The van der Waals surface area contributed by atoms with Gasteiger partial charge in [0.25, 0.3) is 0 Å². The second kappa shape index (κ2) is 11.7. The minimum atomic E-state index is -0.619. The van der Waals surface area contributed by atoms with Gasteiger partial charge in [-0.1, -0.05) is 42.5 Å². The Balaban J connectivity index is 1.19. The van der Waals surface area contributed by atoms with Gasteiger partial charge in [-0.15, -0.1) is 0 Å². The van der Waals surface area contributed by atoms with E-state index in [0.717, 1.165) is 35.6 Å². The summed E-state index contributed by atoms with van der Waals surface area (Å²) in [7, 11) is 0. The molecule has 1 amide bonds. The molecule has 1 fully saturated rings. The van der Waals surface area contributed by atoms with Crippen molar-refractivity contribution in [3.05, 3.63) is 96.7 Å². The van der Waals surface area contributed by atoms with Gasteiger partial charge in [0.2, 0.25) is 11.9 Å². The number of nitrogens with two attached hydrogens (primary N) is 1. The van der Waals surface area contributed by atoms with Gasteiger partial charge in [-0.2, -0.15) is 0 Å². The molecule has 7 heteroatoms. The van der Waals surface area contributed by atoms with E-state index in [1.54, 1.807) is 6.20 Å². The lowest BCUT2D eigenvalue weighted by Gasteiger charge is -2.28. The lowest BCUT2D eigenvalue weighted by molar-refractivity contribution is -0.117. The number of rotatable bonds is 8. The molecule has 7 nitrogen and oxygen atoms in total. The fraction of sp³-hybridized carbons (Fsp3) is 0.233. The highest BCUT2D eigenvalue weighted by atomic mass is 16.2. The van der Waals surface area contributed by atoms with Crippen LogP contribution in [0.3, 0.4) is 0 Å². The van der Waals surface area contributed by atoms with Crippen LogP contribution in [0.25, 0.3) is 11.3 Å². The quantitative estimate of drug-likeness (QED) is 0.305. The Morgan fingerprint density at radius 2 is 1.57 bits per heavy atom. The molecule has 1 aromatic heterocycles. The molecular formula is C30H32N6O. The van der Waals surface area contributed by atoms with Gasteiger partial charge in [-0.25, -0.2) is 9.97 Å². The highest BCUT2D eigenvalue weighted by molar-refractivity contribution is 5.95. The van der Waals surface area contributed by atoms with Gasteiger partial charge in [0.1, 0.15) is 0 Å². The minimum Gasteiger partial charge on any atom is -0.372 e. The minimum absolute atomic E-state index is 0.212. The maximum Gasteiger partial charge on any atom is 0.241 e. The van der Waals surface area contributed by atoms with Crippen molar-refractivity contribution in [1.29, 1.82) is 0 Å². The molecule has 4 N–H and O–H groups in total. The molecule has 0 bridgehead atoms. The van der Waals surface area contributed by atoms with Crippen LogP contribution in [0.15, 0.2) is 91.1 Å². The summed E-state index contributed by atoms with van der Waals surface area (Å²) >= 11 is 0. The number of anilines is 4. The van der Waals surface area contributed by atoms with E-state index in [9.17, 15) is 4.79 Å². The standard InChI is InChI=1S/C30H32N6O/c31-27(21-22-7-3-1-4-8-22)29(37)33-24-11-9-23(10-12-24)28-17-18-32-30(35-28)34-25-13-15-26(16-14-25)36-19-5-2-6-20-36/h1,3-4,7-18,27H,2,5-6,19-21,31H2,(H,33,37)(H,32,34,35)/t27-/m1/s1. The van der Waals surface area contributed by atoms with E-state index in [2.05, 4.69) is 49.8 Å². The van der Waals surface area contributed by atoms with Crippen LogP contribution in [0.5, 0.6) is 0 Å². The van der Waals surface area contributed by atoms with Crippen LogP contribution in [0.1, 0.15) is 24.8 Å². The molecule has 0 saturated carbocycles. The average Bonchev–Trinajstić information content (AvgIpc) is 2.95. The molecule has 0 radical (unpaired) electrons. The fourth-order valence-electron chi connectivity index (χ4n) is 4.54. The first-order chi connectivity index (χ1) is 18.1.